The summed E-state index contributed by atoms with van der Waals surface area (Å²) in [6, 6.07) is 0.590. The van der Waals surface area contributed by atoms with Crippen LogP contribution in [-0.4, -0.2) is 25.8 Å². The van der Waals surface area contributed by atoms with Gasteiger partial charge >= 0.3 is 0 Å². The predicted octanol–water partition coefficient (Wildman–Crippen LogP) is 0.439. The van der Waals surface area contributed by atoms with Crippen LogP contribution in [0.25, 0.3) is 0 Å². The molecule has 2 aliphatic rings. The minimum Gasteiger partial charge on any atom is -0.316 e. The minimum absolute atomic E-state index is 0.571. The molecule has 1 spiro atoms. The van der Waals surface area contributed by atoms with Crippen LogP contribution in [0.4, 0.5) is 0 Å². The van der Waals surface area contributed by atoms with Crippen LogP contribution in [0, 0.1) is 5.41 Å². The average molecular weight is 124 g/mol. The van der Waals surface area contributed by atoms with Crippen molar-refractivity contribution in [1.82, 2.24) is 5.32 Å². The minimum atomic E-state index is 0.571. The number of hydrogen-bond acceptors (Lipinski definition) is 2. The van der Waals surface area contributed by atoms with E-state index in [1.807, 2.05) is 0 Å². The molecule has 2 fully saturated rings. The lowest BCUT2D eigenvalue weighted by Gasteiger charge is -2.00. The van der Waals surface area contributed by atoms with Crippen LogP contribution >= 0.6 is 0 Å². The van der Waals surface area contributed by atoms with Gasteiger partial charge in [0.05, 0.1) is 6.04 Å². The van der Waals surface area contributed by atoms with E-state index in [1.165, 1.54) is 25.9 Å². The molecule has 0 aromatic heterocycles. The van der Waals surface area contributed by atoms with Gasteiger partial charge in [-0.25, -0.2) is 0 Å². The second-order valence-electron chi connectivity index (χ2n) is 3.19. The Hall–Kier alpha value is -0.370. The lowest BCUT2D eigenvalue weighted by atomic mass is 10.1. The summed E-state index contributed by atoms with van der Waals surface area (Å²) in [4.78, 5) is 4.05. The highest BCUT2D eigenvalue weighted by Gasteiger charge is 2.55. The summed E-state index contributed by atoms with van der Waals surface area (Å²) < 4.78 is 0. The number of rotatable bonds is 1. The molecule has 0 amide bonds. The smallest absolute Gasteiger partial charge is 0.0568 e. The van der Waals surface area contributed by atoms with Crippen molar-refractivity contribution in [3.8, 4) is 0 Å². The maximum absolute atomic E-state index is 4.05. The number of aliphatic imine (C=N–C) groups is 1. The molecule has 2 atom stereocenters. The van der Waals surface area contributed by atoms with E-state index < -0.39 is 0 Å². The van der Waals surface area contributed by atoms with E-state index in [0.29, 0.717) is 11.5 Å². The lowest BCUT2D eigenvalue weighted by molar-refractivity contribution is 0.548. The molecule has 2 nitrogen and oxygen atoms in total. The molecule has 0 radical (unpaired) electrons. The zero-order valence-electron chi connectivity index (χ0n) is 5.56. The van der Waals surface area contributed by atoms with Crippen molar-refractivity contribution in [2.24, 2.45) is 10.4 Å². The molecule has 0 bridgehead atoms. The van der Waals surface area contributed by atoms with Crippen molar-refractivity contribution in [3.63, 3.8) is 0 Å². The molecule has 1 heterocycles. The van der Waals surface area contributed by atoms with E-state index in [0.717, 1.165) is 0 Å². The van der Waals surface area contributed by atoms with Gasteiger partial charge in [-0.2, -0.15) is 0 Å². The summed E-state index contributed by atoms with van der Waals surface area (Å²) in [6.45, 7) is 5.93. The van der Waals surface area contributed by atoms with Crippen LogP contribution < -0.4 is 5.32 Å². The molecule has 0 unspecified atom stereocenters. The normalized spacial score (nSPS) is 47.8. The second kappa shape index (κ2) is 1.57. The highest BCUT2D eigenvalue weighted by molar-refractivity contribution is 5.28. The molecular weight excluding hydrogens is 112 g/mol. The van der Waals surface area contributed by atoms with Crippen LogP contribution in [0.5, 0.6) is 0 Å². The van der Waals surface area contributed by atoms with Crippen LogP contribution in [0.2, 0.25) is 0 Å². The Kier molecular flexibility index (Phi) is 0.943. The summed E-state index contributed by atoms with van der Waals surface area (Å²) in [6.07, 6.45) is 2.60. The Bertz CT molecular complexity index is 136. The fourth-order valence-corrected chi connectivity index (χ4v) is 1.81. The van der Waals surface area contributed by atoms with Crippen molar-refractivity contribution < 1.29 is 0 Å². The van der Waals surface area contributed by atoms with Gasteiger partial charge < -0.3 is 5.32 Å². The van der Waals surface area contributed by atoms with E-state index >= 15 is 0 Å². The maximum atomic E-state index is 4.05. The van der Waals surface area contributed by atoms with Crippen LogP contribution in [0.1, 0.15) is 12.8 Å². The predicted molar refractivity (Wildman–Crippen MR) is 37.9 cm³/mol. The van der Waals surface area contributed by atoms with Crippen LogP contribution in [-0.2, 0) is 0 Å². The lowest BCUT2D eigenvalue weighted by Crippen LogP contribution is -2.11. The molecule has 1 saturated heterocycles. The molecule has 0 aromatic carbocycles. The molecule has 2 rings (SSSR count). The van der Waals surface area contributed by atoms with Gasteiger partial charge in [-0.3, -0.25) is 4.99 Å². The Balaban J connectivity index is 2.04. The third kappa shape index (κ3) is 0.628. The van der Waals surface area contributed by atoms with Gasteiger partial charge in [0.2, 0.25) is 0 Å². The van der Waals surface area contributed by atoms with Crippen molar-refractivity contribution in [2.75, 3.05) is 13.1 Å². The molecule has 9 heavy (non-hydrogen) atoms. The van der Waals surface area contributed by atoms with E-state index in [1.54, 1.807) is 0 Å². The van der Waals surface area contributed by atoms with Gasteiger partial charge in [-0.05, 0) is 26.1 Å². The third-order valence-electron chi connectivity index (χ3n) is 2.64. The van der Waals surface area contributed by atoms with Crippen molar-refractivity contribution >= 4 is 6.72 Å². The first-order valence-corrected chi connectivity index (χ1v) is 3.54. The van der Waals surface area contributed by atoms with Gasteiger partial charge in [-0.15, -0.1) is 0 Å². The molecule has 2 heteroatoms. The first-order chi connectivity index (χ1) is 4.37. The molecule has 50 valence electrons. The van der Waals surface area contributed by atoms with Crippen molar-refractivity contribution in [3.05, 3.63) is 0 Å². The van der Waals surface area contributed by atoms with Gasteiger partial charge in [0.1, 0.15) is 0 Å². The standard InChI is InChI=1S/C7H12N2/c1-8-6-4-7(6)2-3-9-5-7/h6,9H,1-5H2/t6-,7-/m0/s1. The molecule has 1 aliphatic carbocycles. The van der Waals surface area contributed by atoms with Gasteiger partial charge in [0.25, 0.3) is 0 Å². The van der Waals surface area contributed by atoms with E-state index in [4.69, 9.17) is 0 Å². The summed E-state index contributed by atoms with van der Waals surface area (Å²) >= 11 is 0. The van der Waals surface area contributed by atoms with Crippen LogP contribution in [0.15, 0.2) is 4.99 Å². The highest BCUT2D eigenvalue weighted by atomic mass is 15.0. The van der Waals surface area contributed by atoms with Crippen LogP contribution in [0.3, 0.4) is 0 Å². The van der Waals surface area contributed by atoms with E-state index in [2.05, 4.69) is 17.0 Å². The first-order valence-electron chi connectivity index (χ1n) is 3.54. The fourth-order valence-electron chi connectivity index (χ4n) is 1.81. The summed E-state index contributed by atoms with van der Waals surface area (Å²) in [7, 11) is 0. The zero-order chi connectivity index (χ0) is 6.32. The van der Waals surface area contributed by atoms with E-state index in [-0.39, 0.29) is 0 Å². The number of hydrogen-bond donors (Lipinski definition) is 1. The molecule has 1 saturated carbocycles. The second-order valence-corrected chi connectivity index (χ2v) is 3.19. The van der Waals surface area contributed by atoms with Gasteiger partial charge in [0.15, 0.2) is 0 Å². The Labute approximate surface area is 55.4 Å². The summed E-state index contributed by atoms with van der Waals surface area (Å²) in [5.41, 5.74) is 0.571. The molecular formula is C7H12N2. The van der Waals surface area contributed by atoms with Crippen molar-refractivity contribution in [2.45, 2.75) is 18.9 Å². The Morgan fingerprint density at radius 1 is 1.67 bits per heavy atom. The molecule has 0 aromatic rings. The van der Waals surface area contributed by atoms with E-state index in [9.17, 15) is 0 Å². The monoisotopic (exact) mass is 124 g/mol. The highest BCUT2D eigenvalue weighted by Crippen LogP contribution is 2.52. The topological polar surface area (TPSA) is 24.4 Å². The summed E-state index contributed by atoms with van der Waals surface area (Å²) in [5.74, 6) is 0. The number of nitrogens with zero attached hydrogens (tertiary/aromatic N) is 1. The Morgan fingerprint density at radius 3 is 3.00 bits per heavy atom. The first kappa shape index (κ1) is 5.42. The summed E-state index contributed by atoms with van der Waals surface area (Å²) in [5, 5.41) is 3.35. The number of nitrogens with one attached hydrogen (secondary N) is 1. The quantitative estimate of drug-likeness (QED) is 0.504. The maximum Gasteiger partial charge on any atom is 0.0568 e. The SMILES string of the molecule is C=N[C@H]1C[C@]12CCNC2. The Morgan fingerprint density at radius 2 is 2.56 bits per heavy atom. The van der Waals surface area contributed by atoms with Gasteiger partial charge in [-0.1, -0.05) is 0 Å². The molecule has 1 aliphatic heterocycles. The zero-order valence-corrected chi connectivity index (χ0v) is 5.56. The largest absolute Gasteiger partial charge is 0.316 e. The van der Waals surface area contributed by atoms with Crippen molar-refractivity contribution in [1.29, 1.82) is 0 Å². The average Bonchev–Trinajstić information content (AvgIpc) is 2.30. The molecule has 1 N–H and O–H groups in total. The fraction of sp³-hybridized carbons (Fsp3) is 0.857. The van der Waals surface area contributed by atoms with Gasteiger partial charge in [0, 0.05) is 12.0 Å². The third-order valence-corrected chi connectivity index (χ3v) is 2.64.